The second kappa shape index (κ2) is 9.40. The highest BCUT2D eigenvalue weighted by molar-refractivity contribution is 6.44. The monoisotopic (exact) mass is 636 g/mol. The molecule has 0 atom stereocenters. The van der Waals surface area contributed by atoms with Gasteiger partial charge in [0.1, 0.15) is 11.2 Å². The van der Waals surface area contributed by atoms with Gasteiger partial charge in [0.25, 0.3) is 0 Å². The Balaban J connectivity index is 1.23. The number of hydrogen-bond acceptors (Lipinski definition) is 4. The van der Waals surface area contributed by atoms with E-state index in [1.807, 2.05) is 60.7 Å². The SMILES string of the molecule is c1ccc(-c2nc(-c3ccccc3)nc(-c3ccccc3-n3c4ccc5ccc6ccc7oc8ccc9ccc3c3c9c8c7c6c5c34)n2)cc1. The first kappa shape index (κ1) is 26.1. The Morgan fingerprint density at radius 1 is 0.360 bits per heavy atom. The standard InChI is InChI=1S/C45H24N4O/c1-3-9-28(10-4-1)43-46-44(29-11-5-2-6-12-29)48-45(47-43)30-13-7-8-14-31(30)49-32-21-17-25-15-16-26-19-23-34-41-37(26)36(25)39(32)40-33(49)22-18-27-20-24-35(50-34)42(41)38(27)40/h1-24H. The highest BCUT2D eigenvalue weighted by atomic mass is 16.3. The first-order valence-electron chi connectivity index (χ1n) is 16.9. The van der Waals surface area contributed by atoms with E-state index in [2.05, 4.69) is 89.5 Å². The van der Waals surface area contributed by atoms with Gasteiger partial charge in [-0.1, -0.05) is 109 Å². The Morgan fingerprint density at radius 3 is 1.38 bits per heavy atom. The molecule has 3 heterocycles. The van der Waals surface area contributed by atoms with Crippen molar-refractivity contribution in [2.75, 3.05) is 0 Å². The molecule has 230 valence electrons. The molecule has 0 aliphatic rings. The third kappa shape index (κ3) is 3.33. The van der Waals surface area contributed by atoms with Crippen molar-refractivity contribution in [2.45, 2.75) is 0 Å². The maximum atomic E-state index is 6.54. The molecule has 0 amide bonds. The molecule has 0 aliphatic carbocycles. The average molecular weight is 637 g/mol. The molecule has 12 rings (SSSR count). The smallest absolute Gasteiger partial charge is 0.166 e. The van der Waals surface area contributed by atoms with Gasteiger partial charge in [-0.2, -0.15) is 0 Å². The lowest BCUT2D eigenvalue weighted by Crippen LogP contribution is -2.03. The first-order valence-corrected chi connectivity index (χ1v) is 16.9. The van der Waals surface area contributed by atoms with Gasteiger partial charge in [-0.25, -0.2) is 15.0 Å². The maximum absolute atomic E-state index is 6.54. The molecule has 3 aromatic heterocycles. The average Bonchev–Trinajstić information content (AvgIpc) is 3.69. The molecule has 0 radical (unpaired) electrons. The molecule has 0 saturated carbocycles. The Hall–Kier alpha value is -6.85. The van der Waals surface area contributed by atoms with Crippen LogP contribution in [0.25, 0.3) is 116 Å². The van der Waals surface area contributed by atoms with Gasteiger partial charge in [-0.15, -0.1) is 0 Å². The van der Waals surface area contributed by atoms with Crippen LogP contribution in [0.3, 0.4) is 0 Å². The number of furan rings is 1. The lowest BCUT2D eigenvalue weighted by atomic mass is 9.96. The molecule has 0 unspecified atom stereocenters. The number of para-hydroxylation sites is 1. The maximum Gasteiger partial charge on any atom is 0.166 e. The predicted octanol–water partition coefficient (Wildman–Crippen LogP) is 11.6. The molecule has 12 aromatic rings. The van der Waals surface area contributed by atoms with E-state index in [-0.39, 0.29) is 0 Å². The molecule has 5 nitrogen and oxygen atoms in total. The summed E-state index contributed by atoms with van der Waals surface area (Å²) >= 11 is 0. The van der Waals surface area contributed by atoms with Crippen LogP contribution in [-0.4, -0.2) is 19.5 Å². The summed E-state index contributed by atoms with van der Waals surface area (Å²) in [5, 5.41) is 12.4. The van der Waals surface area contributed by atoms with Gasteiger partial charge in [0.2, 0.25) is 0 Å². The lowest BCUT2D eigenvalue weighted by molar-refractivity contribution is 0.669. The van der Waals surface area contributed by atoms with Gasteiger partial charge < -0.3 is 8.98 Å². The summed E-state index contributed by atoms with van der Waals surface area (Å²) in [5.74, 6) is 1.91. The minimum Gasteiger partial charge on any atom is -0.456 e. The Bertz CT molecular complexity index is 3160. The van der Waals surface area contributed by atoms with Crippen LogP contribution in [0.5, 0.6) is 0 Å². The topological polar surface area (TPSA) is 56.7 Å². The molecule has 5 heteroatoms. The van der Waals surface area contributed by atoms with E-state index >= 15 is 0 Å². The van der Waals surface area contributed by atoms with Crippen LogP contribution in [0.4, 0.5) is 0 Å². The molecule has 0 N–H and O–H groups in total. The molecular weight excluding hydrogens is 613 g/mol. The van der Waals surface area contributed by atoms with Gasteiger partial charge in [0.15, 0.2) is 17.5 Å². The minimum atomic E-state index is 0.628. The van der Waals surface area contributed by atoms with E-state index in [4.69, 9.17) is 19.4 Å². The lowest BCUT2D eigenvalue weighted by Gasteiger charge is -2.15. The van der Waals surface area contributed by atoms with E-state index in [1.165, 1.54) is 53.9 Å². The van der Waals surface area contributed by atoms with Crippen molar-refractivity contribution in [2.24, 2.45) is 0 Å². The van der Waals surface area contributed by atoms with E-state index in [1.54, 1.807) is 0 Å². The van der Waals surface area contributed by atoms with E-state index in [9.17, 15) is 0 Å². The number of nitrogens with zero attached hydrogens (tertiary/aromatic N) is 4. The predicted molar refractivity (Wildman–Crippen MR) is 204 cm³/mol. The highest BCUT2D eigenvalue weighted by Gasteiger charge is 2.26. The van der Waals surface area contributed by atoms with Gasteiger partial charge >= 0.3 is 0 Å². The van der Waals surface area contributed by atoms with E-state index in [0.717, 1.165) is 44.6 Å². The van der Waals surface area contributed by atoms with Crippen LogP contribution < -0.4 is 0 Å². The fourth-order valence-corrected chi connectivity index (χ4v) is 8.43. The zero-order valence-electron chi connectivity index (χ0n) is 26.6. The van der Waals surface area contributed by atoms with Crippen molar-refractivity contribution < 1.29 is 4.42 Å². The molecule has 9 aromatic carbocycles. The van der Waals surface area contributed by atoms with Crippen LogP contribution >= 0.6 is 0 Å². The number of hydrogen-bond donors (Lipinski definition) is 0. The molecule has 0 fully saturated rings. The summed E-state index contributed by atoms with van der Waals surface area (Å²) in [6.45, 7) is 0. The van der Waals surface area contributed by atoms with Crippen LogP contribution in [0, 0.1) is 0 Å². The first-order chi connectivity index (χ1) is 24.8. The van der Waals surface area contributed by atoms with Crippen LogP contribution in [0.1, 0.15) is 0 Å². The summed E-state index contributed by atoms with van der Waals surface area (Å²) in [6.07, 6.45) is 0. The third-order valence-electron chi connectivity index (χ3n) is 10.5. The van der Waals surface area contributed by atoms with Gasteiger partial charge in [-0.3, -0.25) is 0 Å². The minimum absolute atomic E-state index is 0.628. The quantitative estimate of drug-likeness (QED) is 0.180. The second-order valence-electron chi connectivity index (χ2n) is 13.1. The van der Waals surface area contributed by atoms with Crippen molar-refractivity contribution in [3.05, 3.63) is 146 Å². The van der Waals surface area contributed by atoms with Crippen LogP contribution in [0.2, 0.25) is 0 Å². The number of rotatable bonds is 4. The molecule has 0 aliphatic heterocycles. The normalized spacial score (nSPS) is 12.4. The van der Waals surface area contributed by atoms with Crippen LogP contribution in [-0.2, 0) is 0 Å². The Kier molecular flexibility index (Phi) is 4.91. The Morgan fingerprint density at radius 2 is 0.800 bits per heavy atom. The van der Waals surface area contributed by atoms with Gasteiger partial charge in [0, 0.05) is 54.4 Å². The molecule has 0 saturated heterocycles. The molecule has 0 bridgehead atoms. The summed E-state index contributed by atoms with van der Waals surface area (Å²) in [7, 11) is 0. The van der Waals surface area contributed by atoms with Gasteiger partial charge in [-0.05, 0) is 52.6 Å². The fraction of sp³-hybridized carbons (Fsp3) is 0. The highest BCUT2D eigenvalue weighted by Crippen LogP contribution is 2.51. The molecule has 0 spiro atoms. The summed E-state index contributed by atoms with van der Waals surface area (Å²) in [6, 6.07) is 51.0. The summed E-state index contributed by atoms with van der Waals surface area (Å²) < 4.78 is 8.96. The van der Waals surface area contributed by atoms with Crippen molar-refractivity contribution in [1.82, 2.24) is 19.5 Å². The van der Waals surface area contributed by atoms with Crippen molar-refractivity contribution in [1.29, 1.82) is 0 Å². The second-order valence-corrected chi connectivity index (χ2v) is 13.1. The zero-order chi connectivity index (χ0) is 32.5. The molecule has 50 heavy (non-hydrogen) atoms. The third-order valence-corrected chi connectivity index (χ3v) is 10.5. The Labute approximate surface area is 284 Å². The number of benzene rings is 8. The molecular formula is C45H24N4O. The fourth-order valence-electron chi connectivity index (χ4n) is 8.43. The number of aromatic nitrogens is 4. The van der Waals surface area contributed by atoms with Gasteiger partial charge in [0.05, 0.1) is 16.7 Å². The van der Waals surface area contributed by atoms with E-state index < -0.39 is 0 Å². The zero-order valence-corrected chi connectivity index (χ0v) is 26.6. The van der Waals surface area contributed by atoms with Crippen LogP contribution in [0.15, 0.2) is 150 Å². The van der Waals surface area contributed by atoms with Crippen molar-refractivity contribution in [3.8, 4) is 39.9 Å². The van der Waals surface area contributed by atoms with E-state index in [0.29, 0.717) is 17.5 Å². The summed E-state index contributed by atoms with van der Waals surface area (Å²) in [5.41, 5.74) is 7.98. The summed E-state index contributed by atoms with van der Waals surface area (Å²) in [4.78, 5) is 15.3. The largest absolute Gasteiger partial charge is 0.456 e. The van der Waals surface area contributed by atoms with Crippen molar-refractivity contribution >= 4 is 76.1 Å². The van der Waals surface area contributed by atoms with Crippen molar-refractivity contribution in [3.63, 3.8) is 0 Å².